The molecule has 0 aliphatic rings. The summed E-state index contributed by atoms with van der Waals surface area (Å²) in [6.45, 7) is 32.2. The van der Waals surface area contributed by atoms with Crippen LogP contribution in [-0.2, 0) is 0 Å². The summed E-state index contributed by atoms with van der Waals surface area (Å²) in [6.07, 6.45) is 0. The normalized spacial score (nSPS) is 12.0. The first-order valence-corrected chi connectivity index (χ1v) is 40.3. The Morgan fingerprint density at radius 2 is 0.517 bits per heavy atom. The molecule has 0 bridgehead atoms. The van der Waals surface area contributed by atoms with Crippen molar-refractivity contribution in [2.24, 2.45) is 0 Å². The highest BCUT2D eigenvalue weighted by molar-refractivity contribution is 6.26. The van der Waals surface area contributed by atoms with Gasteiger partial charge in [-0.25, -0.2) is 19.9 Å². The number of fused-ring (bicyclic) bond motifs is 28. The smallest absolute Gasteiger partial charge is 0.238 e. The van der Waals surface area contributed by atoms with Crippen molar-refractivity contribution < 1.29 is 17.7 Å². The lowest BCUT2D eigenvalue weighted by Gasteiger charge is -2.09. The maximum Gasteiger partial charge on any atom is 0.238 e. The second-order valence-corrected chi connectivity index (χ2v) is 31.9. The maximum atomic E-state index is 6.51. The topological polar surface area (TPSA) is 227 Å². The number of hydrogen-bond acceptors (Lipinski definition) is 16. The molecule has 0 unspecified atom stereocenters. The second kappa shape index (κ2) is 27.4. The van der Waals surface area contributed by atoms with Crippen LogP contribution in [0.4, 0.5) is 0 Å². The zero-order valence-electron chi connectivity index (χ0n) is 69.3. The zero-order chi connectivity index (χ0) is 82.3. The van der Waals surface area contributed by atoms with Crippen LogP contribution in [0.5, 0.6) is 0 Å². The first-order valence-electron chi connectivity index (χ1n) is 40.3. The fraction of sp³-hybridized carbons (Fsp3) is 0.160. The highest BCUT2D eigenvalue weighted by Gasteiger charge is 2.28. The van der Waals surface area contributed by atoms with E-state index in [0.29, 0.717) is 70.4 Å². The number of aryl methyl sites for hydroxylation is 16. The molecule has 0 atom stereocenters. The molecule has 0 N–H and O–H groups in total. The summed E-state index contributed by atoms with van der Waals surface area (Å²) in [5, 5.41) is 18.2. The number of nitrogens with zero attached hydrogens (tertiary/aromatic N) is 16. The first-order chi connectivity index (χ1) is 58.0. The van der Waals surface area contributed by atoms with E-state index >= 15 is 0 Å². The average Bonchev–Trinajstić information content (AvgIpc) is 1.58. The van der Waals surface area contributed by atoms with Crippen LogP contribution >= 0.6 is 0 Å². The number of rotatable bonds is 4. The van der Waals surface area contributed by atoms with Crippen molar-refractivity contribution in [1.29, 1.82) is 0 Å². The van der Waals surface area contributed by atoms with E-state index in [1.54, 1.807) is 0 Å². The van der Waals surface area contributed by atoms with Crippen LogP contribution in [-0.4, -0.2) is 78.1 Å². The minimum Gasteiger partial charge on any atom is -0.454 e. The Hall–Kier alpha value is -14.9. The molecule has 0 radical (unpaired) electrons. The van der Waals surface area contributed by atoms with Gasteiger partial charge in [0.05, 0.1) is 22.1 Å². The van der Waals surface area contributed by atoms with Gasteiger partial charge in [0.2, 0.25) is 23.8 Å². The van der Waals surface area contributed by atoms with Crippen LogP contribution in [0, 0.1) is 111 Å². The largest absolute Gasteiger partial charge is 0.454 e. The van der Waals surface area contributed by atoms with E-state index in [-0.39, 0.29) is 0 Å². The van der Waals surface area contributed by atoms with E-state index in [0.717, 1.165) is 170 Å². The van der Waals surface area contributed by atoms with Gasteiger partial charge < -0.3 is 17.7 Å². The van der Waals surface area contributed by atoms with Crippen molar-refractivity contribution in [1.82, 2.24) is 78.1 Å². The fourth-order valence-corrected chi connectivity index (χ4v) is 18.7. The first kappa shape index (κ1) is 72.8. The van der Waals surface area contributed by atoms with Gasteiger partial charge in [0, 0.05) is 86.2 Å². The van der Waals surface area contributed by atoms with Crippen molar-refractivity contribution in [3.63, 3.8) is 0 Å². The minimum absolute atomic E-state index is 0.618. The van der Waals surface area contributed by atoms with Crippen LogP contribution in [0.15, 0.2) is 212 Å². The van der Waals surface area contributed by atoms with Crippen LogP contribution in [0.2, 0.25) is 0 Å². The summed E-state index contributed by atoms with van der Waals surface area (Å²) in [5.41, 5.74) is 25.0. The summed E-state index contributed by atoms with van der Waals surface area (Å²) in [7, 11) is 0. The van der Waals surface area contributed by atoms with Crippen LogP contribution in [0.25, 0.3) is 199 Å². The van der Waals surface area contributed by atoms with Crippen molar-refractivity contribution in [3.05, 3.63) is 285 Å². The fourth-order valence-electron chi connectivity index (χ4n) is 18.7. The van der Waals surface area contributed by atoms with Crippen molar-refractivity contribution >= 4 is 175 Å². The molecule has 0 aliphatic heterocycles. The average molecular weight is 1570 g/mol. The lowest BCUT2D eigenvalue weighted by Crippen LogP contribution is -2.06. The van der Waals surface area contributed by atoms with Crippen molar-refractivity contribution in [3.8, 4) is 23.8 Å². The van der Waals surface area contributed by atoms with Gasteiger partial charge in [-0.05, 0) is 223 Å². The maximum absolute atomic E-state index is 6.51. The molecular formula is C100H80N16O4. The molecule has 12 heterocycles. The third-order valence-electron chi connectivity index (χ3n) is 23.0. The van der Waals surface area contributed by atoms with Crippen molar-refractivity contribution in [2.45, 2.75) is 111 Å². The highest BCUT2D eigenvalue weighted by atomic mass is 16.3. The van der Waals surface area contributed by atoms with E-state index in [2.05, 4.69) is 259 Å². The quantitative estimate of drug-likeness (QED) is 0.160. The number of aromatic nitrogens is 16. The number of furan rings is 4. The van der Waals surface area contributed by atoms with Gasteiger partial charge in [-0.2, -0.15) is 39.9 Å². The summed E-state index contributed by atoms with van der Waals surface area (Å²) < 4.78 is 34.3. The molecule has 24 aromatic rings. The van der Waals surface area contributed by atoms with Crippen molar-refractivity contribution in [2.75, 3.05) is 0 Å². The highest BCUT2D eigenvalue weighted by Crippen LogP contribution is 2.47. The van der Waals surface area contributed by atoms with Gasteiger partial charge in [0.25, 0.3) is 0 Å². The SMILES string of the molecule is Cc1cc(C)c2c(c1)c1ccc3c4ccccc4oc3c1n2-c1nc(C)nc(C)n1.Cc1cc(C)c2c(c1)oc1c2ccc2c3ccccc3n(-c3nc(C)nc(C)n3)c21.Cc1cc(C)c2c3ccc4c5ccccc5oc4c3n(-c3nc(C)nc(C)n3)c2c1.Cc1cc(C)c2oc3c(ccc4c5ccccc5n(-c5nc(C)nc(C)n5)c43)c2c1. The van der Waals surface area contributed by atoms with Gasteiger partial charge in [-0.1, -0.05) is 127 Å². The molecule has 0 aliphatic carbocycles. The molecular weight excluding hydrogens is 1490 g/mol. The molecule has 0 amide bonds. The predicted molar refractivity (Wildman–Crippen MR) is 482 cm³/mol. The molecule has 0 fully saturated rings. The number of para-hydroxylation sites is 4. The Balaban J connectivity index is 0.0000000990. The number of hydrogen-bond donors (Lipinski definition) is 0. The van der Waals surface area contributed by atoms with Gasteiger partial charge in [0.15, 0.2) is 22.3 Å². The molecule has 0 spiro atoms. The second-order valence-electron chi connectivity index (χ2n) is 31.9. The number of benzene rings is 12. The molecule has 12 aromatic carbocycles. The Bertz CT molecular complexity index is 8250. The van der Waals surface area contributed by atoms with Gasteiger partial charge in [-0.3, -0.25) is 18.3 Å². The molecule has 20 nitrogen and oxygen atoms in total. The van der Waals surface area contributed by atoms with E-state index < -0.39 is 0 Å². The Morgan fingerprint density at radius 3 is 1.02 bits per heavy atom. The minimum atomic E-state index is 0.618. The van der Waals surface area contributed by atoms with Crippen LogP contribution < -0.4 is 0 Å². The van der Waals surface area contributed by atoms with Gasteiger partial charge in [-0.15, -0.1) is 0 Å². The molecule has 0 saturated carbocycles. The molecule has 0 saturated heterocycles. The summed E-state index contributed by atoms with van der Waals surface area (Å²) in [4.78, 5) is 54.9. The zero-order valence-corrected chi connectivity index (χ0v) is 69.3. The van der Waals surface area contributed by atoms with E-state index in [9.17, 15) is 0 Å². The molecule has 12 aromatic heterocycles. The lowest BCUT2D eigenvalue weighted by atomic mass is 10.0. The third-order valence-corrected chi connectivity index (χ3v) is 23.0. The summed E-state index contributed by atoms with van der Waals surface area (Å²) >= 11 is 0. The van der Waals surface area contributed by atoms with E-state index in [1.165, 1.54) is 49.7 Å². The summed E-state index contributed by atoms with van der Waals surface area (Å²) in [5.74, 6) is 8.10. The standard InChI is InChI=1S/4C25H20N4O/c1-13-11-14(2)22-20(12-13)18-9-10-19-17-7-5-6-8-21(17)30-24(19)23(18)29(22)25-27-15(3)26-16(4)28-25;1-13-11-14(2)22-19-10-9-18-17-7-5-6-8-21(17)30-24(18)23(19)29(20(22)12-13)25-27-15(3)26-16(4)28-25;1-13-11-14(2)23-20(12-13)19-10-9-18-17-7-5-6-8-21(17)29(22(18)24(19)30-23)25-27-15(3)26-16(4)28-25;1-13-11-14(2)22-19-10-9-18-17-7-5-6-8-20(17)29(23(18)24(19)30-21(22)12-13)25-27-15(3)26-16(4)28-25/h4*5-12H,1-4H3. The molecule has 584 valence electrons. The Labute approximate surface area is 686 Å². The van der Waals surface area contributed by atoms with E-state index in [1.807, 2.05) is 104 Å². The molecule has 24 rings (SSSR count). The Morgan fingerprint density at radius 1 is 0.192 bits per heavy atom. The van der Waals surface area contributed by atoms with Gasteiger partial charge >= 0.3 is 0 Å². The third kappa shape index (κ3) is 11.5. The molecule has 20 heteroatoms. The predicted octanol–water partition coefficient (Wildman–Crippen LogP) is 24.4. The Kier molecular flexibility index (Phi) is 16.6. The summed E-state index contributed by atoms with van der Waals surface area (Å²) in [6, 6.07) is 68.0. The van der Waals surface area contributed by atoms with Crippen LogP contribution in [0.3, 0.4) is 0 Å². The van der Waals surface area contributed by atoms with Crippen LogP contribution in [0.1, 0.15) is 91.1 Å². The van der Waals surface area contributed by atoms with Gasteiger partial charge in [0.1, 0.15) is 91.0 Å². The monoisotopic (exact) mass is 1570 g/mol. The lowest BCUT2D eigenvalue weighted by molar-refractivity contribution is 0.667. The molecule has 120 heavy (non-hydrogen) atoms. The van der Waals surface area contributed by atoms with E-state index in [4.69, 9.17) is 37.6 Å².